The number of ether oxygens (including phenoxy) is 1. The molecule has 20 heavy (non-hydrogen) atoms. The molecule has 0 aliphatic carbocycles. The highest BCUT2D eigenvalue weighted by Crippen LogP contribution is 2.59. The number of β-lactam (4-membered cyclic amide) rings is 1. The number of amides is 1. The van der Waals surface area contributed by atoms with Crippen molar-refractivity contribution in [1.82, 2.24) is 4.90 Å². The topological polar surface area (TPSA) is 63.7 Å². The smallest absolute Gasteiger partial charge is 0.330 e. The van der Waals surface area contributed by atoms with E-state index in [9.17, 15) is 14.4 Å². The van der Waals surface area contributed by atoms with Gasteiger partial charge in [-0.1, -0.05) is 18.5 Å². The average Bonchev–Trinajstić information content (AvgIpc) is 2.65. The Labute approximate surface area is 140 Å². The van der Waals surface area contributed by atoms with Gasteiger partial charge in [0.15, 0.2) is 5.78 Å². The van der Waals surface area contributed by atoms with Crippen LogP contribution in [0, 0.1) is 0 Å². The van der Waals surface area contributed by atoms with Gasteiger partial charge in [0, 0.05) is 11.2 Å². The number of carbonyl (C=O) groups excluding carboxylic acids is 3. The molecule has 1 amide bonds. The lowest BCUT2D eigenvalue weighted by atomic mass is 9.98. The highest BCUT2D eigenvalue weighted by molar-refractivity contribution is 14.1. The monoisotopic (exact) mass is 431 g/mol. The summed E-state index contributed by atoms with van der Waals surface area (Å²) in [6.45, 7) is 5.22. The summed E-state index contributed by atoms with van der Waals surface area (Å²) in [7, 11) is 0. The summed E-state index contributed by atoms with van der Waals surface area (Å²) >= 11 is 9.56. The van der Waals surface area contributed by atoms with Crippen LogP contribution < -0.4 is 0 Å². The number of Topliss-reactive ketones (excluding diaryl/α,β-unsaturated/α-hetero) is 1. The Balaban J connectivity index is 2.13. The van der Waals surface area contributed by atoms with Crippen molar-refractivity contribution in [3.63, 3.8) is 0 Å². The Hall–Kier alpha value is -0.0200. The largest absolute Gasteiger partial charge is 0.456 e. The number of halogens is 2. The van der Waals surface area contributed by atoms with E-state index in [1.54, 1.807) is 6.92 Å². The van der Waals surface area contributed by atoms with E-state index in [1.165, 1.54) is 16.7 Å². The maximum Gasteiger partial charge on any atom is 0.330 e. The quantitative estimate of drug-likeness (QED) is 0.295. The Kier molecular flexibility index (Phi) is 4.34. The number of thioether (sulfide) groups is 1. The molecule has 3 atom stereocenters. The molecule has 0 aromatic heterocycles. The minimum Gasteiger partial charge on any atom is -0.456 e. The predicted molar refractivity (Wildman–Crippen MR) is 85.0 cm³/mol. The van der Waals surface area contributed by atoms with Crippen molar-refractivity contribution in [1.29, 1.82) is 0 Å². The third-order valence-electron chi connectivity index (χ3n) is 3.43. The van der Waals surface area contributed by atoms with Gasteiger partial charge in [0.1, 0.15) is 18.0 Å². The van der Waals surface area contributed by atoms with Crippen LogP contribution in [0.2, 0.25) is 0 Å². The van der Waals surface area contributed by atoms with Crippen molar-refractivity contribution in [2.75, 3.05) is 6.61 Å². The zero-order valence-corrected chi connectivity index (χ0v) is 15.0. The summed E-state index contributed by atoms with van der Waals surface area (Å²) in [5.74, 6) is -0.954. The second kappa shape index (κ2) is 5.31. The molecule has 2 rings (SSSR count). The first kappa shape index (κ1) is 16.4. The molecule has 0 spiro atoms. The van der Waals surface area contributed by atoms with Crippen molar-refractivity contribution >= 4 is 63.6 Å². The maximum absolute atomic E-state index is 12.2. The van der Waals surface area contributed by atoms with Crippen LogP contribution in [-0.4, -0.2) is 48.2 Å². The average molecular weight is 432 g/mol. The van der Waals surface area contributed by atoms with E-state index in [0.29, 0.717) is 6.42 Å². The molecular formula is C12H15ClINO4S. The Morgan fingerprint density at radius 1 is 1.50 bits per heavy atom. The van der Waals surface area contributed by atoms with E-state index >= 15 is 0 Å². The van der Waals surface area contributed by atoms with Gasteiger partial charge >= 0.3 is 5.97 Å². The van der Waals surface area contributed by atoms with E-state index in [2.05, 4.69) is 0 Å². The van der Waals surface area contributed by atoms with E-state index < -0.39 is 19.6 Å². The van der Waals surface area contributed by atoms with Crippen LogP contribution in [0.5, 0.6) is 0 Å². The summed E-state index contributed by atoms with van der Waals surface area (Å²) in [6, 6.07) is -0.698. The van der Waals surface area contributed by atoms with Crippen molar-refractivity contribution in [2.24, 2.45) is 0 Å². The van der Waals surface area contributed by atoms with Gasteiger partial charge in [-0.05, 0) is 36.4 Å². The number of hydrogen-bond donors (Lipinski definition) is 0. The van der Waals surface area contributed by atoms with Gasteiger partial charge in [0.25, 0.3) is 5.91 Å². The SMILES string of the molecule is CCC(=O)COC(=O)[C@@H]1N2C(=O)[C@@](Cl)(I)[C@H]2SC1(C)C. The minimum atomic E-state index is -0.992. The molecule has 2 saturated heterocycles. The summed E-state index contributed by atoms with van der Waals surface area (Å²) in [5.41, 5.74) is 0. The Morgan fingerprint density at radius 2 is 2.10 bits per heavy atom. The minimum absolute atomic E-state index is 0.145. The molecule has 0 aromatic carbocycles. The Morgan fingerprint density at radius 3 is 2.65 bits per heavy atom. The number of nitrogens with zero attached hydrogens (tertiary/aromatic N) is 1. The first-order chi connectivity index (χ1) is 9.13. The zero-order chi connectivity index (χ0) is 15.3. The molecule has 0 aromatic rings. The molecule has 2 heterocycles. The van der Waals surface area contributed by atoms with Crippen molar-refractivity contribution in [2.45, 2.75) is 46.2 Å². The van der Waals surface area contributed by atoms with E-state index in [0.717, 1.165) is 0 Å². The number of hydrogen-bond acceptors (Lipinski definition) is 5. The molecule has 112 valence electrons. The molecular weight excluding hydrogens is 417 g/mol. The fourth-order valence-electron chi connectivity index (χ4n) is 2.29. The van der Waals surface area contributed by atoms with Crippen molar-refractivity contribution in [3.05, 3.63) is 0 Å². The van der Waals surface area contributed by atoms with Crippen LogP contribution in [0.1, 0.15) is 27.2 Å². The van der Waals surface area contributed by atoms with Crippen molar-refractivity contribution in [3.8, 4) is 0 Å². The van der Waals surface area contributed by atoms with Crippen LogP contribution in [-0.2, 0) is 19.1 Å². The van der Waals surface area contributed by atoms with Gasteiger partial charge in [-0.15, -0.1) is 11.8 Å². The standard InChI is InChI=1S/C12H15ClINO4S/c1-4-6(16)5-19-8(17)7-11(2,3)20-10-12(13,14)9(18)15(7)10/h7,10H,4-5H2,1-3H3/t7-,10+,12+/m0/s1. The molecule has 0 N–H and O–H groups in total. The summed E-state index contributed by atoms with van der Waals surface area (Å²) in [5, 5.41) is -0.244. The van der Waals surface area contributed by atoms with E-state index in [4.69, 9.17) is 16.3 Å². The summed E-state index contributed by atoms with van der Waals surface area (Å²) < 4.78 is 3.56. The fraction of sp³-hybridized carbons (Fsp3) is 0.750. The third kappa shape index (κ3) is 2.45. The molecule has 0 radical (unpaired) electrons. The lowest BCUT2D eigenvalue weighted by molar-refractivity contribution is -0.162. The number of rotatable bonds is 4. The van der Waals surface area contributed by atoms with E-state index in [-0.39, 0.29) is 23.7 Å². The molecule has 0 bridgehead atoms. The molecule has 2 aliphatic rings. The van der Waals surface area contributed by atoms with Gasteiger partial charge < -0.3 is 9.64 Å². The van der Waals surface area contributed by atoms with Crippen LogP contribution in [0.3, 0.4) is 0 Å². The van der Waals surface area contributed by atoms with Crippen LogP contribution >= 0.6 is 46.0 Å². The molecule has 2 aliphatic heterocycles. The van der Waals surface area contributed by atoms with Gasteiger partial charge in [-0.3, -0.25) is 9.59 Å². The van der Waals surface area contributed by atoms with Gasteiger partial charge in [-0.25, -0.2) is 4.79 Å². The first-order valence-corrected chi connectivity index (χ1v) is 8.53. The van der Waals surface area contributed by atoms with Gasteiger partial charge in [0.05, 0.1) is 0 Å². The van der Waals surface area contributed by atoms with Crippen LogP contribution in [0.15, 0.2) is 0 Å². The van der Waals surface area contributed by atoms with Crippen LogP contribution in [0.25, 0.3) is 0 Å². The second-order valence-corrected chi connectivity index (χ2v) is 9.98. The fourth-order valence-corrected chi connectivity index (χ4v) is 5.08. The lowest BCUT2D eigenvalue weighted by Gasteiger charge is -2.46. The third-order valence-corrected chi connectivity index (χ3v) is 7.03. The first-order valence-electron chi connectivity index (χ1n) is 6.19. The number of carbonyl (C=O) groups is 3. The number of ketones is 1. The molecule has 8 heteroatoms. The molecule has 0 unspecified atom stereocenters. The number of alkyl halides is 2. The molecule has 2 fully saturated rings. The normalized spacial score (nSPS) is 34.5. The number of fused-ring (bicyclic) bond motifs is 1. The molecule has 5 nitrogen and oxygen atoms in total. The van der Waals surface area contributed by atoms with Gasteiger partial charge in [0.2, 0.25) is 2.88 Å². The van der Waals surface area contributed by atoms with Crippen molar-refractivity contribution < 1.29 is 19.1 Å². The highest BCUT2D eigenvalue weighted by Gasteiger charge is 2.70. The summed E-state index contributed by atoms with van der Waals surface area (Å²) in [4.78, 5) is 37.0. The van der Waals surface area contributed by atoms with Crippen LogP contribution in [0.4, 0.5) is 0 Å². The zero-order valence-electron chi connectivity index (χ0n) is 11.3. The van der Waals surface area contributed by atoms with Gasteiger partial charge in [-0.2, -0.15) is 0 Å². The summed E-state index contributed by atoms with van der Waals surface area (Å²) in [6.07, 6.45) is 0.319. The maximum atomic E-state index is 12.2. The highest BCUT2D eigenvalue weighted by atomic mass is 127. The lowest BCUT2D eigenvalue weighted by Crippen LogP contribution is -2.68. The molecule has 0 saturated carbocycles. The predicted octanol–water partition coefficient (Wildman–Crippen LogP) is 1.94. The van der Waals surface area contributed by atoms with E-state index in [1.807, 2.05) is 36.4 Å². The Bertz CT molecular complexity index is 482. The second-order valence-electron chi connectivity index (χ2n) is 5.31. The number of esters is 1.